The summed E-state index contributed by atoms with van der Waals surface area (Å²) in [7, 11) is 0. The number of alkyl halides is 3. The van der Waals surface area contributed by atoms with Crippen molar-refractivity contribution in [1.29, 1.82) is 0 Å². The standard InChI is InChI=1S/C15H13F4NO2.ClH/c16-12-4-1-10(2-5-12)11-3-6-13(22-15(17,18)19)14(9-11)21-8-7-20;/h1-6,9H,7-8,20H2;1H. The fraction of sp³-hybridized carbons (Fsp3) is 0.200. The average Bonchev–Trinajstić information content (AvgIpc) is 2.45. The lowest BCUT2D eigenvalue weighted by Crippen LogP contribution is -2.18. The summed E-state index contributed by atoms with van der Waals surface area (Å²) in [6.07, 6.45) is -4.82. The van der Waals surface area contributed by atoms with E-state index in [0.29, 0.717) is 11.1 Å². The molecule has 126 valence electrons. The highest BCUT2D eigenvalue weighted by atomic mass is 35.5. The maximum Gasteiger partial charge on any atom is 0.573 e. The van der Waals surface area contributed by atoms with Crippen molar-refractivity contribution < 1.29 is 27.0 Å². The van der Waals surface area contributed by atoms with Gasteiger partial charge < -0.3 is 15.2 Å². The Balaban J connectivity index is 0.00000264. The van der Waals surface area contributed by atoms with E-state index in [1.807, 2.05) is 0 Å². The second kappa shape index (κ2) is 8.03. The third-order valence-electron chi connectivity index (χ3n) is 2.72. The fourth-order valence-electron chi connectivity index (χ4n) is 1.82. The number of hydrogen-bond acceptors (Lipinski definition) is 3. The number of hydrogen-bond donors (Lipinski definition) is 1. The van der Waals surface area contributed by atoms with Gasteiger partial charge in [0.05, 0.1) is 0 Å². The lowest BCUT2D eigenvalue weighted by atomic mass is 10.1. The van der Waals surface area contributed by atoms with Gasteiger partial charge >= 0.3 is 6.36 Å². The van der Waals surface area contributed by atoms with E-state index in [0.717, 1.165) is 6.07 Å². The van der Waals surface area contributed by atoms with Gasteiger partial charge in [0.15, 0.2) is 11.5 Å². The Bertz CT molecular complexity index is 632. The molecule has 0 heterocycles. The van der Waals surface area contributed by atoms with Crippen molar-refractivity contribution in [3.63, 3.8) is 0 Å². The van der Waals surface area contributed by atoms with Gasteiger partial charge in [-0.25, -0.2) is 4.39 Å². The Morgan fingerprint density at radius 3 is 2.09 bits per heavy atom. The zero-order chi connectivity index (χ0) is 16.2. The summed E-state index contributed by atoms with van der Waals surface area (Å²) in [5.74, 6) is -0.934. The van der Waals surface area contributed by atoms with Crippen LogP contribution in [0.15, 0.2) is 42.5 Å². The van der Waals surface area contributed by atoms with Gasteiger partial charge in [-0.05, 0) is 35.4 Å². The molecule has 3 nitrogen and oxygen atoms in total. The maximum atomic E-state index is 12.9. The van der Waals surface area contributed by atoms with E-state index in [1.165, 1.54) is 36.4 Å². The molecular formula is C15H14ClF4NO2. The van der Waals surface area contributed by atoms with Gasteiger partial charge in [0.2, 0.25) is 0 Å². The average molecular weight is 352 g/mol. The van der Waals surface area contributed by atoms with E-state index in [4.69, 9.17) is 10.5 Å². The van der Waals surface area contributed by atoms with E-state index < -0.39 is 17.9 Å². The molecule has 2 aromatic rings. The predicted octanol–water partition coefficient (Wildman–Crippen LogP) is 4.15. The molecule has 0 atom stereocenters. The second-order valence-corrected chi connectivity index (χ2v) is 4.35. The van der Waals surface area contributed by atoms with Gasteiger partial charge in [-0.15, -0.1) is 25.6 Å². The number of benzene rings is 2. The SMILES string of the molecule is Cl.NCCOc1cc(-c2ccc(F)cc2)ccc1OC(F)(F)F. The molecule has 0 amide bonds. The molecule has 0 aromatic heterocycles. The molecule has 0 saturated carbocycles. The minimum atomic E-state index is -4.82. The van der Waals surface area contributed by atoms with Crippen molar-refractivity contribution in [2.24, 2.45) is 5.73 Å². The smallest absolute Gasteiger partial charge is 0.488 e. The first-order valence-electron chi connectivity index (χ1n) is 6.37. The third-order valence-corrected chi connectivity index (χ3v) is 2.72. The van der Waals surface area contributed by atoms with E-state index in [1.54, 1.807) is 0 Å². The first kappa shape index (κ1) is 19.1. The normalized spacial score (nSPS) is 10.8. The highest BCUT2D eigenvalue weighted by Gasteiger charge is 2.32. The van der Waals surface area contributed by atoms with Gasteiger partial charge in [-0.3, -0.25) is 0 Å². The first-order valence-corrected chi connectivity index (χ1v) is 6.37. The topological polar surface area (TPSA) is 44.5 Å². The highest BCUT2D eigenvalue weighted by Crippen LogP contribution is 2.36. The first-order chi connectivity index (χ1) is 10.4. The largest absolute Gasteiger partial charge is 0.573 e. The lowest BCUT2D eigenvalue weighted by Gasteiger charge is -2.15. The molecule has 2 N–H and O–H groups in total. The van der Waals surface area contributed by atoms with E-state index in [-0.39, 0.29) is 31.3 Å². The van der Waals surface area contributed by atoms with Crippen LogP contribution in [0.4, 0.5) is 17.6 Å². The predicted molar refractivity (Wildman–Crippen MR) is 80.3 cm³/mol. The van der Waals surface area contributed by atoms with Crippen molar-refractivity contribution in [2.75, 3.05) is 13.2 Å². The Kier molecular flexibility index (Phi) is 6.65. The number of ether oxygens (including phenoxy) is 2. The summed E-state index contributed by atoms with van der Waals surface area (Å²) in [4.78, 5) is 0. The second-order valence-electron chi connectivity index (χ2n) is 4.35. The number of halogens is 5. The Morgan fingerprint density at radius 2 is 1.52 bits per heavy atom. The van der Waals surface area contributed by atoms with Gasteiger partial charge in [-0.2, -0.15) is 0 Å². The van der Waals surface area contributed by atoms with Gasteiger partial charge in [0.1, 0.15) is 12.4 Å². The zero-order valence-electron chi connectivity index (χ0n) is 11.8. The molecule has 0 bridgehead atoms. The van der Waals surface area contributed by atoms with Crippen molar-refractivity contribution >= 4 is 12.4 Å². The summed E-state index contributed by atoms with van der Waals surface area (Å²) in [5.41, 5.74) is 6.50. The molecule has 0 aliphatic carbocycles. The molecule has 0 unspecified atom stereocenters. The molecule has 0 saturated heterocycles. The van der Waals surface area contributed by atoms with Crippen LogP contribution in [0.3, 0.4) is 0 Å². The molecule has 0 radical (unpaired) electrons. The van der Waals surface area contributed by atoms with Crippen LogP contribution < -0.4 is 15.2 Å². The Morgan fingerprint density at radius 1 is 0.913 bits per heavy atom. The maximum absolute atomic E-state index is 12.9. The quantitative estimate of drug-likeness (QED) is 0.823. The van der Waals surface area contributed by atoms with Crippen molar-refractivity contribution in [1.82, 2.24) is 0 Å². The van der Waals surface area contributed by atoms with Crippen LogP contribution in [0, 0.1) is 5.82 Å². The van der Waals surface area contributed by atoms with Crippen LogP contribution in [0.1, 0.15) is 0 Å². The molecular weight excluding hydrogens is 338 g/mol. The van der Waals surface area contributed by atoms with Crippen molar-refractivity contribution in [3.8, 4) is 22.6 Å². The van der Waals surface area contributed by atoms with Gasteiger partial charge in [0, 0.05) is 6.54 Å². The molecule has 2 rings (SSSR count). The summed E-state index contributed by atoms with van der Waals surface area (Å²) < 4.78 is 59.1. The fourth-order valence-corrected chi connectivity index (χ4v) is 1.82. The van der Waals surface area contributed by atoms with Crippen LogP contribution in [0.5, 0.6) is 11.5 Å². The lowest BCUT2D eigenvalue weighted by molar-refractivity contribution is -0.275. The summed E-state index contributed by atoms with van der Waals surface area (Å²) in [6.45, 7) is 0.188. The Hall–Kier alpha value is -1.99. The Labute approximate surface area is 136 Å². The highest BCUT2D eigenvalue weighted by molar-refractivity contribution is 5.85. The molecule has 0 aliphatic rings. The summed E-state index contributed by atoms with van der Waals surface area (Å²) in [6, 6.07) is 9.53. The number of rotatable bonds is 5. The summed E-state index contributed by atoms with van der Waals surface area (Å²) >= 11 is 0. The van der Waals surface area contributed by atoms with E-state index >= 15 is 0 Å². The molecule has 0 spiro atoms. The van der Waals surface area contributed by atoms with Crippen LogP contribution in [0.25, 0.3) is 11.1 Å². The molecule has 2 aromatic carbocycles. The van der Waals surface area contributed by atoms with Gasteiger partial charge in [-0.1, -0.05) is 18.2 Å². The molecule has 8 heteroatoms. The van der Waals surface area contributed by atoms with Crippen LogP contribution in [-0.4, -0.2) is 19.5 Å². The zero-order valence-corrected chi connectivity index (χ0v) is 12.6. The number of nitrogens with two attached hydrogens (primary N) is 1. The van der Waals surface area contributed by atoms with Crippen molar-refractivity contribution in [2.45, 2.75) is 6.36 Å². The molecule has 23 heavy (non-hydrogen) atoms. The van der Waals surface area contributed by atoms with Crippen LogP contribution in [-0.2, 0) is 0 Å². The van der Waals surface area contributed by atoms with Crippen LogP contribution >= 0.6 is 12.4 Å². The van der Waals surface area contributed by atoms with Gasteiger partial charge in [0.25, 0.3) is 0 Å². The minimum absolute atomic E-state index is 0. The van der Waals surface area contributed by atoms with Crippen molar-refractivity contribution in [3.05, 3.63) is 48.3 Å². The molecule has 0 fully saturated rings. The monoisotopic (exact) mass is 351 g/mol. The minimum Gasteiger partial charge on any atom is -0.488 e. The summed E-state index contributed by atoms with van der Waals surface area (Å²) in [5, 5.41) is 0. The van der Waals surface area contributed by atoms with E-state index in [9.17, 15) is 17.6 Å². The van der Waals surface area contributed by atoms with E-state index in [2.05, 4.69) is 4.74 Å². The third kappa shape index (κ3) is 5.61. The molecule has 0 aliphatic heterocycles. The van der Waals surface area contributed by atoms with Crippen LogP contribution in [0.2, 0.25) is 0 Å².